The largest absolute Gasteiger partial charge is 0.396 e. The van der Waals surface area contributed by atoms with Gasteiger partial charge in [0.15, 0.2) is 0 Å². The Hall–Kier alpha value is -0.540. The Balaban J connectivity index is 2.34. The van der Waals surface area contributed by atoms with E-state index < -0.39 is 0 Å². The second-order valence-corrected chi connectivity index (χ2v) is 4.44. The van der Waals surface area contributed by atoms with Gasteiger partial charge in [-0.2, -0.15) is 0 Å². The van der Waals surface area contributed by atoms with Gasteiger partial charge < -0.3 is 10.4 Å². The van der Waals surface area contributed by atoms with Crippen LogP contribution < -0.4 is 5.32 Å². The van der Waals surface area contributed by atoms with E-state index in [-0.39, 0.29) is 0 Å². The molecule has 0 aliphatic heterocycles. The van der Waals surface area contributed by atoms with Crippen LogP contribution in [0.25, 0.3) is 0 Å². The van der Waals surface area contributed by atoms with Crippen LogP contribution in [-0.4, -0.2) is 18.3 Å². The van der Waals surface area contributed by atoms with Crippen LogP contribution in [0.3, 0.4) is 0 Å². The minimum atomic E-state index is 0.300. The zero-order valence-corrected chi connectivity index (χ0v) is 10.7. The fourth-order valence-electron chi connectivity index (χ4n) is 1.42. The third-order valence-corrected chi connectivity index (χ3v) is 3.39. The lowest BCUT2D eigenvalue weighted by Gasteiger charge is -2.09. The summed E-state index contributed by atoms with van der Waals surface area (Å²) in [6.45, 7) is 3.34. The normalized spacial score (nSPS) is 10.3. The Morgan fingerprint density at radius 2 is 2.07 bits per heavy atom. The Bertz CT molecular complexity index is 302. The molecule has 0 aromatic heterocycles. The number of nitrogens with one attached hydrogen (secondary N) is 1. The van der Waals surface area contributed by atoms with Crippen LogP contribution in [0.15, 0.2) is 22.7 Å². The SMILES string of the molecule is Cc1cccc(NCCCCCO)c1Br. The van der Waals surface area contributed by atoms with Crippen molar-refractivity contribution in [3.8, 4) is 0 Å². The van der Waals surface area contributed by atoms with E-state index >= 15 is 0 Å². The molecule has 1 aromatic carbocycles. The fraction of sp³-hybridized carbons (Fsp3) is 0.500. The zero-order valence-electron chi connectivity index (χ0n) is 9.09. The average molecular weight is 272 g/mol. The Labute approximate surface area is 99.8 Å². The molecule has 0 unspecified atom stereocenters. The Morgan fingerprint density at radius 1 is 1.27 bits per heavy atom. The van der Waals surface area contributed by atoms with Gasteiger partial charge in [-0.15, -0.1) is 0 Å². The maximum atomic E-state index is 8.64. The molecule has 1 aromatic rings. The van der Waals surface area contributed by atoms with E-state index in [0.717, 1.165) is 36.0 Å². The summed E-state index contributed by atoms with van der Waals surface area (Å²) in [4.78, 5) is 0. The molecule has 3 heteroatoms. The molecule has 0 heterocycles. The van der Waals surface area contributed by atoms with Crippen molar-refractivity contribution >= 4 is 21.6 Å². The van der Waals surface area contributed by atoms with Crippen LogP contribution in [0.5, 0.6) is 0 Å². The topological polar surface area (TPSA) is 32.3 Å². The van der Waals surface area contributed by atoms with Crippen LogP contribution in [-0.2, 0) is 0 Å². The summed E-state index contributed by atoms with van der Waals surface area (Å²) in [5, 5.41) is 12.0. The molecule has 0 aliphatic carbocycles. The van der Waals surface area contributed by atoms with Crippen molar-refractivity contribution in [3.05, 3.63) is 28.2 Å². The van der Waals surface area contributed by atoms with Gasteiger partial charge in [0.1, 0.15) is 0 Å². The van der Waals surface area contributed by atoms with E-state index in [2.05, 4.69) is 46.4 Å². The lowest BCUT2D eigenvalue weighted by Crippen LogP contribution is -2.02. The Kier molecular flexibility index (Phi) is 5.73. The van der Waals surface area contributed by atoms with Crippen LogP contribution in [0.2, 0.25) is 0 Å². The molecule has 0 saturated carbocycles. The van der Waals surface area contributed by atoms with Crippen LogP contribution >= 0.6 is 15.9 Å². The maximum absolute atomic E-state index is 8.64. The van der Waals surface area contributed by atoms with E-state index in [4.69, 9.17) is 5.11 Å². The second-order valence-electron chi connectivity index (χ2n) is 3.65. The summed E-state index contributed by atoms with van der Waals surface area (Å²) in [6.07, 6.45) is 3.07. The average Bonchev–Trinajstić information content (AvgIpc) is 2.24. The molecule has 15 heavy (non-hydrogen) atoms. The van der Waals surface area contributed by atoms with Crippen molar-refractivity contribution in [2.24, 2.45) is 0 Å². The molecule has 0 fully saturated rings. The lowest BCUT2D eigenvalue weighted by atomic mass is 10.2. The smallest absolute Gasteiger partial charge is 0.0487 e. The van der Waals surface area contributed by atoms with Crippen molar-refractivity contribution in [3.63, 3.8) is 0 Å². The van der Waals surface area contributed by atoms with Gasteiger partial charge in [-0.25, -0.2) is 0 Å². The minimum absolute atomic E-state index is 0.300. The molecule has 0 radical (unpaired) electrons. The summed E-state index contributed by atoms with van der Waals surface area (Å²) < 4.78 is 1.15. The van der Waals surface area contributed by atoms with Gasteiger partial charge in [0, 0.05) is 23.3 Å². The van der Waals surface area contributed by atoms with E-state index in [1.807, 2.05) is 0 Å². The summed E-state index contributed by atoms with van der Waals surface area (Å²) in [5.74, 6) is 0. The standard InChI is InChI=1S/C12H18BrNO/c1-10-6-5-7-11(12(10)13)14-8-3-2-4-9-15/h5-7,14-15H,2-4,8-9H2,1H3. The third-order valence-electron chi connectivity index (χ3n) is 2.34. The van der Waals surface area contributed by atoms with Gasteiger partial charge in [0.2, 0.25) is 0 Å². The number of hydrogen-bond donors (Lipinski definition) is 2. The quantitative estimate of drug-likeness (QED) is 0.778. The van der Waals surface area contributed by atoms with Gasteiger partial charge in [0.25, 0.3) is 0 Å². The number of rotatable bonds is 6. The summed E-state index contributed by atoms with van der Waals surface area (Å²) in [6, 6.07) is 6.21. The highest BCUT2D eigenvalue weighted by Crippen LogP contribution is 2.25. The molecule has 0 saturated heterocycles. The third kappa shape index (κ3) is 4.22. The molecule has 0 aliphatic rings. The first-order chi connectivity index (χ1) is 7.25. The van der Waals surface area contributed by atoms with Gasteiger partial charge in [0.05, 0.1) is 0 Å². The first kappa shape index (κ1) is 12.5. The van der Waals surface area contributed by atoms with Crippen molar-refractivity contribution in [1.82, 2.24) is 0 Å². The molecule has 0 amide bonds. The predicted molar refractivity (Wildman–Crippen MR) is 68.3 cm³/mol. The second kappa shape index (κ2) is 6.85. The van der Waals surface area contributed by atoms with E-state index in [0.29, 0.717) is 6.61 Å². The molecule has 2 nitrogen and oxygen atoms in total. The number of aryl methyl sites for hydroxylation is 1. The van der Waals surface area contributed by atoms with Crippen molar-refractivity contribution in [2.45, 2.75) is 26.2 Å². The van der Waals surface area contributed by atoms with Crippen LogP contribution in [0.1, 0.15) is 24.8 Å². The maximum Gasteiger partial charge on any atom is 0.0487 e. The molecule has 1 rings (SSSR count). The van der Waals surface area contributed by atoms with Gasteiger partial charge in [-0.3, -0.25) is 0 Å². The van der Waals surface area contributed by atoms with Crippen LogP contribution in [0, 0.1) is 6.92 Å². The highest BCUT2D eigenvalue weighted by molar-refractivity contribution is 9.10. The van der Waals surface area contributed by atoms with Gasteiger partial charge in [-0.05, 0) is 53.7 Å². The van der Waals surface area contributed by atoms with E-state index in [9.17, 15) is 0 Å². The van der Waals surface area contributed by atoms with Crippen LogP contribution in [0.4, 0.5) is 5.69 Å². The van der Waals surface area contributed by atoms with Gasteiger partial charge in [-0.1, -0.05) is 12.1 Å². The first-order valence-electron chi connectivity index (χ1n) is 5.35. The first-order valence-corrected chi connectivity index (χ1v) is 6.15. The van der Waals surface area contributed by atoms with Crippen molar-refractivity contribution in [2.75, 3.05) is 18.5 Å². The summed E-state index contributed by atoms with van der Waals surface area (Å²) in [5.41, 5.74) is 2.40. The number of hydrogen-bond acceptors (Lipinski definition) is 2. The highest BCUT2D eigenvalue weighted by Gasteiger charge is 2.00. The molecule has 0 bridgehead atoms. The molecular weight excluding hydrogens is 254 g/mol. The summed E-state index contributed by atoms with van der Waals surface area (Å²) >= 11 is 3.56. The molecule has 0 spiro atoms. The van der Waals surface area contributed by atoms with Gasteiger partial charge >= 0.3 is 0 Å². The highest BCUT2D eigenvalue weighted by atomic mass is 79.9. The van der Waals surface area contributed by atoms with E-state index in [1.54, 1.807) is 0 Å². The fourth-order valence-corrected chi connectivity index (χ4v) is 1.83. The number of benzene rings is 1. The summed E-state index contributed by atoms with van der Waals surface area (Å²) in [7, 11) is 0. The number of anilines is 1. The number of aliphatic hydroxyl groups excluding tert-OH is 1. The predicted octanol–water partition coefficient (Wildman–Crippen LogP) is 3.33. The minimum Gasteiger partial charge on any atom is -0.396 e. The van der Waals surface area contributed by atoms with Crippen molar-refractivity contribution in [1.29, 1.82) is 0 Å². The molecule has 84 valence electrons. The Morgan fingerprint density at radius 3 is 2.80 bits per heavy atom. The zero-order chi connectivity index (χ0) is 11.1. The number of aliphatic hydroxyl groups is 1. The molecular formula is C12H18BrNO. The molecule has 0 atom stereocenters. The van der Waals surface area contributed by atoms with E-state index in [1.165, 1.54) is 5.56 Å². The number of unbranched alkanes of at least 4 members (excludes halogenated alkanes) is 2. The monoisotopic (exact) mass is 271 g/mol. The number of halogens is 1. The van der Waals surface area contributed by atoms with Crippen molar-refractivity contribution < 1.29 is 5.11 Å². The molecule has 2 N–H and O–H groups in total. The lowest BCUT2D eigenvalue weighted by molar-refractivity contribution is 0.283.